The summed E-state index contributed by atoms with van der Waals surface area (Å²) in [6.07, 6.45) is 0. The van der Waals surface area contributed by atoms with Gasteiger partial charge in [0, 0.05) is 11.3 Å². The molecule has 0 aliphatic heterocycles. The molecule has 0 aliphatic carbocycles. The van der Waals surface area contributed by atoms with Crippen LogP contribution in [0.25, 0.3) is 16.6 Å². The van der Waals surface area contributed by atoms with Gasteiger partial charge in [0.1, 0.15) is 11.6 Å². The van der Waals surface area contributed by atoms with Crippen molar-refractivity contribution < 1.29 is 9.18 Å². The number of para-hydroxylation sites is 1. The number of hydrogen-bond acceptors (Lipinski definition) is 3. The molecule has 0 radical (unpaired) electrons. The summed E-state index contributed by atoms with van der Waals surface area (Å²) in [5.41, 5.74) is 1.74. The smallest absolute Gasteiger partial charge is 0.265 e. The van der Waals surface area contributed by atoms with E-state index in [2.05, 4.69) is 10.3 Å². The Labute approximate surface area is 160 Å². The molecule has 0 aliphatic rings. The average molecular weight is 373 g/mol. The van der Waals surface area contributed by atoms with Crippen molar-refractivity contribution in [1.82, 2.24) is 9.55 Å². The molecule has 0 bridgehead atoms. The molecule has 4 aromatic rings. The number of nitrogens with one attached hydrogen (secondary N) is 1. The van der Waals surface area contributed by atoms with Crippen LogP contribution in [0.3, 0.4) is 0 Å². The van der Waals surface area contributed by atoms with E-state index in [1.807, 2.05) is 6.07 Å². The quantitative estimate of drug-likeness (QED) is 0.588. The zero-order valence-corrected chi connectivity index (χ0v) is 15.0. The van der Waals surface area contributed by atoms with E-state index < -0.39 is 11.7 Å². The molecule has 0 saturated heterocycles. The first-order valence-corrected chi connectivity index (χ1v) is 8.69. The van der Waals surface area contributed by atoms with Crippen LogP contribution in [0.15, 0.2) is 77.6 Å². The van der Waals surface area contributed by atoms with Crippen LogP contribution in [-0.2, 0) is 0 Å². The molecule has 5 nitrogen and oxygen atoms in total. The first-order valence-electron chi connectivity index (χ1n) is 8.69. The number of nitrogens with zero attached hydrogens (tertiary/aromatic N) is 2. The number of aromatic nitrogens is 2. The summed E-state index contributed by atoms with van der Waals surface area (Å²) < 4.78 is 14.8. The van der Waals surface area contributed by atoms with Gasteiger partial charge >= 0.3 is 0 Å². The monoisotopic (exact) mass is 373 g/mol. The number of carbonyl (C=O) groups excluding carboxylic acids is 1. The van der Waals surface area contributed by atoms with Crippen LogP contribution in [0.5, 0.6) is 0 Å². The van der Waals surface area contributed by atoms with Crippen molar-refractivity contribution in [3.05, 3.63) is 100 Å². The summed E-state index contributed by atoms with van der Waals surface area (Å²) >= 11 is 0. The lowest BCUT2D eigenvalue weighted by molar-refractivity contribution is 0.102. The molecule has 0 spiro atoms. The highest BCUT2D eigenvalue weighted by Gasteiger charge is 2.11. The minimum atomic E-state index is -0.481. The summed E-state index contributed by atoms with van der Waals surface area (Å²) in [5.74, 6) is -0.375. The Morgan fingerprint density at radius 1 is 1.00 bits per heavy atom. The van der Waals surface area contributed by atoms with Gasteiger partial charge in [-0.1, -0.05) is 24.3 Å². The van der Waals surface area contributed by atoms with Crippen molar-refractivity contribution >= 4 is 22.5 Å². The maximum absolute atomic E-state index is 13.3. The van der Waals surface area contributed by atoms with Crippen LogP contribution in [0.2, 0.25) is 0 Å². The Hall–Kier alpha value is -3.80. The number of halogens is 1. The predicted molar refractivity (Wildman–Crippen MR) is 106 cm³/mol. The molecule has 0 saturated carbocycles. The van der Waals surface area contributed by atoms with Crippen molar-refractivity contribution in [2.75, 3.05) is 5.32 Å². The maximum Gasteiger partial charge on any atom is 0.265 e. The Bertz CT molecular complexity index is 1260. The average Bonchev–Trinajstić information content (AvgIpc) is 2.68. The van der Waals surface area contributed by atoms with Gasteiger partial charge in [0.25, 0.3) is 11.5 Å². The number of anilines is 1. The van der Waals surface area contributed by atoms with Gasteiger partial charge in [-0.3, -0.25) is 14.2 Å². The van der Waals surface area contributed by atoms with Gasteiger partial charge in [-0.15, -0.1) is 0 Å². The summed E-state index contributed by atoms with van der Waals surface area (Å²) in [6.45, 7) is 1.76. The fraction of sp³-hybridized carbons (Fsp3) is 0.0455. The molecule has 0 fully saturated rings. The van der Waals surface area contributed by atoms with E-state index in [0.29, 0.717) is 28.1 Å². The van der Waals surface area contributed by atoms with Crippen LogP contribution >= 0.6 is 0 Å². The molecular formula is C22H16FN3O2. The summed E-state index contributed by atoms with van der Waals surface area (Å²) in [7, 11) is 0. The van der Waals surface area contributed by atoms with Crippen molar-refractivity contribution in [2.45, 2.75) is 6.92 Å². The molecule has 1 heterocycles. The normalized spacial score (nSPS) is 10.8. The minimum absolute atomic E-state index is 0.184. The van der Waals surface area contributed by atoms with Gasteiger partial charge in [0.2, 0.25) is 0 Å². The number of fused-ring (bicyclic) bond motifs is 1. The fourth-order valence-electron chi connectivity index (χ4n) is 3.10. The highest BCUT2D eigenvalue weighted by atomic mass is 19.1. The molecule has 1 N–H and O–H groups in total. The summed E-state index contributed by atoms with van der Waals surface area (Å²) in [4.78, 5) is 29.8. The highest BCUT2D eigenvalue weighted by Crippen LogP contribution is 2.17. The van der Waals surface area contributed by atoms with Gasteiger partial charge in [-0.25, -0.2) is 9.37 Å². The van der Waals surface area contributed by atoms with Crippen LogP contribution in [0, 0.1) is 12.7 Å². The van der Waals surface area contributed by atoms with E-state index in [-0.39, 0.29) is 11.1 Å². The number of aryl methyl sites for hydroxylation is 1. The first-order chi connectivity index (χ1) is 13.5. The largest absolute Gasteiger partial charge is 0.322 e. The minimum Gasteiger partial charge on any atom is -0.322 e. The van der Waals surface area contributed by atoms with Crippen molar-refractivity contribution in [3.8, 4) is 5.69 Å². The lowest BCUT2D eigenvalue weighted by Crippen LogP contribution is -2.22. The van der Waals surface area contributed by atoms with Gasteiger partial charge in [0.05, 0.1) is 16.6 Å². The van der Waals surface area contributed by atoms with E-state index in [4.69, 9.17) is 0 Å². The molecule has 6 heteroatoms. The third-order valence-electron chi connectivity index (χ3n) is 4.39. The maximum atomic E-state index is 13.3. The molecule has 1 aromatic heterocycles. The van der Waals surface area contributed by atoms with Crippen LogP contribution in [0.4, 0.5) is 10.1 Å². The Morgan fingerprint density at radius 3 is 2.61 bits per heavy atom. The molecule has 0 unspecified atom stereocenters. The van der Waals surface area contributed by atoms with Gasteiger partial charge < -0.3 is 5.32 Å². The number of rotatable bonds is 3. The molecule has 1 amide bonds. The second kappa shape index (κ2) is 7.08. The molecular weight excluding hydrogens is 357 g/mol. The van der Waals surface area contributed by atoms with Crippen LogP contribution < -0.4 is 10.9 Å². The van der Waals surface area contributed by atoms with Crippen LogP contribution in [-0.4, -0.2) is 15.5 Å². The molecule has 4 rings (SSSR count). The highest BCUT2D eigenvalue weighted by molar-refractivity contribution is 6.04. The Morgan fingerprint density at radius 2 is 1.79 bits per heavy atom. The molecule has 3 aromatic carbocycles. The van der Waals surface area contributed by atoms with E-state index >= 15 is 0 Å². The van der Waals surface area contributed by atoms with Gasteiger partial charge in [-0.2, -0.15) is 0 Å². The zero-order valence-electron chi connectivity index (χ0n) is 15.0. The Kier molecular flexibility index (Phi) is 4.45. The summed E-state index contributed by atoms with van der Waals surface area (Å²) in [6, 6.07) is 19.5. The number of amides is 1. The second-order valence-electron chi connectivity index (χ2n) is 6.33. The van der Waals surface area contributed by atoms with Crippen molar-refractivity contribution in [1.29, 1.82) is 0 Å². The lowest BCUT2D eigenvalue weighted by atomic mass is 10.2. The molecule has 0 atom stereocenters. The van der Waals surface area contributed by atoms with E-state index in [9.17, 15) is 14.0 Å². The zero-order chi connectivity index (χ0) is 19.7. The third-order valence-corrected chi connectivity index (χ3v) is 4.39. The fourth-order valence-corrected chi connectivity index (χ4v) is 3.10. The second-order valence-corrected chi connectivity index (χ2v) is 6.33. The number of benzene rings is 3. The van der Waals surface area contributed by atoms with Crippen molar-refractivity contribution in [3.63, 3.8) is 0 Å². The van der Waals surface area contributed by atoms with Crippen LogP contribution in [0.1, 0.15) is 16.2 Å². The van der Waals surface area contributed by atoms with E-state index in [0.717, 1.165) is 0 Å². The van der Waals surface area contributed by atoms with Crippen molar-refractivity contribution in [2.24, 2.45) is 0 Å². The predicted octanol–water partition coefficient (Wildman–Crippen LogP) is 4.09. The first kappa shape index (κ1) is 17.6. The summed E-state index contributed by atoms with van der Waals surface area (Å²) in [5, 5.41) is 3.25. The molecule has 138 valence electrons. The Balaban J connectivity index is 1.73. The lowest BCUT2D eigenvalue weighted by Gasteiger charge is -2.12. The van der Waals surface area contributed by atoms with Gasteiger partial charge in [-0.05, 0) is 55.5 Å². The number of carbonyl (C=O) groups is 1. The topological polar surface area (TPSA) is 64.0 Å². The third kappa shape index (κ3) is 3.27. The van der Waals surface area contributed by atoms with E-state index in [1.165, 1.54) is 28.8 Å². The van der Waals surface area contributed by atoms with E-state index in [1.54, 1.807) is 49.4 Å². The molecule has 28 heavy (non-hydrogen) atoms. The number of hydrogen-bond donors (Lipinski definition) is 1. The standard InChI is InChI=1S/C22H16FN3O2/c1-14-24-20-11-3-2-10-19(20)22(28)26(14)18-9-5-8-17(13-18)25-21(27)15-6-4-7-16(23)12-15/h2-13H,1H3,(H,25,27). The van der Waals surface area contributed by atoms with Gasteiger partial charge in [0.15, 0.2) is 0 Å². The SMILES string of the molecule is Cc1nc2ccccc2c(=O)n1-c1cccc(NC(=O)c2cccc(F)c2)c1.